The van der Waals surface area contributed by atoms with E-state index in [0.29, 0.717) is 6.61 Å². The van der Waals surface area contributed by atoms with Gasteiger partial charge in [-0.1, -0.05) is 76.5 Å². The molecule has 0 fully saturated rings. The van der Waals surface area contributed by atoms with Gasteiger partial charge in [0.15, 0.2) is 11.5 Å². The molecule has 0 bridgehead atoms. The minimum Gasteiger partial charge on any atom is -0.494 e. The third-order valence-electron chi connectivity index (χ3n) is 6.13. The van der Waals surface area contributed by atoms with Crippen LogP contribution in [0.25, 0.3) is 23.1 Å². The Labute approximate surface area is 211 Å². The average molecular weight is 476 g/mol. The van der Waals surface area contributed by atoms with E-state index in [1.54, 1.807) is 7.11 Å². The molecule has 0 aliphatic rings. The Morgan fingerprint density at radius 1 is 0.714 bits per heavy atom. The Kier molecular flexibility index (Phi) is 11.5. The fourth-order valence-corrected chi connectivity index (χ4v) is 4.15. The third-order valence-corrected chi connectivity index (χ3v) is 6.13. The molecular weight excluding hydrogens is 434 g/mol. The van der Waals surface area contributed by atoms with Crippen molar-refractivity contribution >= 4 is 23.1 Å². The Hall–Kier alpha value is -3.01. The third kappa shape index (κ3) is 8.93. The highest BCUT2D eigenvalue weighted by atomic mass is 16.5. The maximum Gasteiger partial charge on any atom is 0.161 e. The molecule has 0 radical (unpaired) electrons. The van der Waals surface area contributed by atoms with E-state index >= 15 is 0 Å². The van der Waals surface area contributed by atoms with Gasteiger partial charge in [-0.2, -0.15) is 0 Å². The lowest BCUT2D eigenvalue weighted by molar-refractivity contribution is 0.284. The molecule has 0 spiro atoms. The molecule has 1 heterocycles. The second-order valence-electron chi connectivity index (χ2n) is 8.94. The summed E-state index contributed by atoms with van der Waals surface area (Å²) < 4.78 is 17.2. The van der Waals surface area contributed by atoms with E-state index in [1.807, 2.05) is 49.4 Å². The quantitative estimate of drug-likeness (QED) is 0.194. The second-order valence-corrected chi connectivity index (χ2v) is 8.94. The molecule has 4 nitrogen and oxygen atoms in total. The van der Waals surface area contributed by atoms with Crippen LogP contribution in [0.5, 0.6) is 17.2 Å². The Morgan fingerprint density at radius 3 is 2.23 bits per heavy atom. The van der Waals surface area contributed by atoms with Crippen LogP contribution in [-0.2, 0) is 0 Å². The number of unbranched alkanes of at least 4 members (excludes halogenated alkanes) is 8. The van der Waals surface area contributed by atoms with E-state index < -0.39 is 0 Å². The van der Waals surface area contributed by atoms with E-state index in [2.05, 4.69) is 25.1 Å². The van der Waals surface area contributed by atoms with E-state index in [9.17, 15) is 0 Å². The van der Waals surface area contributed by atoms with Crippen molar-refractivity contribution in [3.63, 3.8) is 0 Å². The molecule has 4 heteroatoms. The van der Waals surface area contributed by atoms with Gasteiger partial charge < -0.3 is 14.2 Å². The lowest BCUT2D eigenvalue weighted by Crippen LogP contribution is -1.99. The summed E-state index contributed by atoms with van der Waals surface area (Å²) in [4.78, 5) is 4.74. The van der Waals surface area contributed by atoms with E-state index in [-0.39, 0.29) is 0 Å². The summed E-state index contributed by atoms with van der Waals surface area (Å²) in [6.45, 7) is 5.64. The van der Waals surface area contributed by atoms with Crippen LogP contribution in [-0.4, -0.2) is 25.3 Å². The molecule has 0 unspecified atom stereocenters. The summed E-state index contributed by atoms with van der Waals surface area (Å²) in [5, 5.41) is 1.07. The highest BCUT2D eigenvalue weighted by Gasteiger charge is 2.05. The molecule has 0 N–H and O–H groups in total. The Balaban J connectivity index is 1.48. The fraction of sp³-hybridized carbons (Fsp3) is 0.452. The van der Waals surface area contributed by atoms with Gasteiger partial charge in [0, 0.05) is 5.39 Å². The van der Waals surface area contributed by atoms with E-state index in [4.69, 9.17) is 19.2 Å². The van der Waals surface area contributed by atoms with E-state index in [1.165, 1.54) is 51.4 Å². The van der Waals surface area contributed by atoms with Gasteiger partial charge in [0.1, 0.15) is 5.75 Å². The summed E-state index contributed by atoms with van der Waals surface area (Å²) in [7, 11) is 1.69. The number of nitrogens with zero attached hydrogens (tertiary/aromatic N) is 1. The van der Waals surface area contributed by atoms with Crippen molar-refractivity contribution in [3.8, 4) is 17.2 Å². The van der Waals surface area contributed by atoms with Crippen molar-refractivity contribution in [3.05, 3.63) is 59.8 Å². The van der Waals surface area contributed by atoms with Crippen LogP contribution in [0.3, 0.4) is 0 Å². The van der Waals surface area contributed by atoms with Crippen LogP contribution in [0.4, 0.5) is 0 Å². The van der Waals surface area contributed by atoms with Gasteiger partial charge in [-0.15, -0.1) is 0 Å². The Bertz CT molecular complexity index is 1060. The zero-order chi connectivity index (χ0) is 24.7. The van der Waals surface area contributed by atoms with Crippen molar-refractivity contribution in [2.45, 2.75) is 71.6 Å². The predicted octanol–water partition coefficient (Wildman–Crippen LogP) is 8.72. The van der Waals surface area contributed by atoms with Crippen molar-refractivity contribution in [1.82, 2.24) is 4.98 Å². The molecule has 0 aliphatic carbocycles. The van der Waals surface area contributed by atoms with Crippen LogP contribution in [0.1, 0.15) is 82.9 Å². The second kappa shape index (κ2) is 15.1. The highest BCUT2D eigenvalue weighted by Crippen LogP contribution is 2.29. The van der Waals surface area contributed by atoms with Gasteiger partial charge in [0.05, 0.1) is 31.5 Å². The van der Waals surface area contributed by atoms with Crippen LogP contribution in [0.15, 0.2) is 48.5 Å². The topological polar surface area (TPSA) is 40.6 Å². The van der Waals surface area contributed by atoms with Gasteiger partial charge >= 0.3 is 0 Å². The Morgan fingerprint density at radius 2 is 1.49 bits per heavy atom. The van der Waals surface area contributed by atoms with Gasteiger partial charge in [-0.05, 0) is 61.4 Å². The number of fused-ring (bicyclic) bond motifs is 1. The largest absolute Gasteiger partial charge is 0.494 e. The SMILES string of the molecule is CCCCCCCCCCCOc1ccc(C=Cc2ccc3cc(OCC)ccc3n2)cc1OC. The zero-order valence-electron chi connectivity index (χ0n) is 21.7. The normalized spacial score (nSPS) is 11.3. The molecule has 2 aromatic carbocycles. The lowest BCUT2D eigenvalue weighted by atomic mass is 10.1. The average Bonchev–Trinajstić information content (AvgIpc) is 2.89. The van der Waals surface area contributed by atoms with Crippen LogP contribution < -0.4 is 14.2 Å². The predicted molar refractivity (Wildman–Crippen MR) is 148 cm³/mol. The summed E-state index contributed by atoms with van der Waals surface area (Å²) in [5.41, 5.74) is 2.91. The molecule has 3 aromatic rings. The zero-order valence-corrected chi connectivity index (χ0v) is 21.7. The molecule has 0 aliphatic heterocycles. The molecule has 1 aromatic heterocycles. The number of benzene rings is 2. The maximum absolute atomic E-state index is 6.01. The summed E-state index contributed by atoms with van der Waals surface area (Å²) in [5.74, 6) is 2.44. The first-order valence-corrected chi connectivity index (χ1v) is 13.3. The van der Waals surface area contributed by atoms with Gasteiger partial charge in [0.25, 0.3) is 0 Å². The minimum atomic E-state index is 0.659. The van der Waals surface area contributed by atoms with Crippen molar-refractivity contribution in [1.29, 1.82) is 0 Å². The molecule has 0 saturated carbocycles. The van der Waals surface area contributed by atoms with Crippen LogP contribution in [0, 0.1) is 0 Å². The molecule has 0 atom stereocenters. The molecule has 35 heavy (non-hydrogen) atoms. The minimum absolute atomic E-state index is 0.659. The fourth-order valence-electron chi connectivity index (χ4n) is 4.15. The van der Waals surface area contributed by atoms with Gasteiger partial charge in [-0.25, -0.2) is 4.98 Å². The monoisotopic (exact) mass is 475 g/mol. The lowest BCUT2D eigenvalue weighted by Gasteiger charge is -2.11. The number of ether oxygens (including phenoxy) is 3. The summed E-state index contributed by atoms with van der Waals surface area (Å²) >= 11 is 0. The van der Waals surface area contributed by atoms with Crippen molar-refractivity contribution < 1.29 is 14.2 Å². The summed E-state index contributed by atoms with van der Waals surface area (Å²) in [6.07, 6.45) is 15.9. The number of hydrogen-bond acceptors (Lipinski definition) is 4. The molecule has 0 amide bonds. The van der Waals surface area contributed by atoms with Crippen LogP contribution >= 0.6 is 0 Å². The number of methoxy groups -OCH3 is 1. The smallest absolute Gasteiger partial charge is 0.161 e. The molecule has 3 rings (SSSR count). The highest BCUT2D eigenvalue weighted by molar-refractivity contribution is 5.82. The molecule has 188 valence electrons. The van der Waals surface area contributed by atoms with Crippen molar-refractivity contribution in [2.75, 3.05) is 20.3 Å². The molecule has 0 saturated heterocycles. The van der Waals surface area contributed by atoms with E-state index in [0.717, 1.165) is 52.4 Å². The van der Waals surface area contributed by atoms with Gasteiger partial charge in [-0.3, -0.25) is 0 Å². The van der Waals surface area contributed by atoms with Crippen molar-refractivity contribution in [2.24, 2.45) is 0 Å². The first-order chi connectivity index (χ1) is 17.2. The number of rotatable bonds is 16. The first kappa shape index (κ1) is 26.6. The summed E-state index contributed by atoms with van der Waals surface area (Å²) in [6, 6.07) is 16.2. The number of aromatic nitrogens is 1. The first-order valence-electron chi connectivity index (χ1n) is 13.3. The maximum atomic E-state index is 6.01. The number of pyridine rings is 1. The standard InChI is InChI=1S/C31H41NO3/c1-4-6-7-8-9-10-11-12-13-22-35-30-21-15-25(23-31(30)33-3)14-17-27-18-16-26-24-28(34-5-2)19-20-29(26)32-27/h14-21,23-24H,4-13,22H2,1-3H3. The molecular formula is C31H41NO3. The number of hydrogen-bond donors (Lipinski definition) is 0. The van der Waals surface area contributed by atoms with Crippen LogP contribution in [0.2, 0.25) is 0 Å². The van der Waals surface area contributed by atoms with Gasteiger partial charge in [0.2, 0.25) is 0 Å².